The topological polar surface area (TPSA) is 76.5 Å². The quantitative estimate of drug-likeness (QED) is 0.889. The van der Waals surface area contributed by atoms with Crippen molar-refractivity contribution in [3.05, 3.63) is 47.3 Å². The Balaban J connectivity index is 1.64. The number of carbonyl (C=O) groups is 2. The van der Waals surface area contributed by atoms with E-state index in [1.54, 1.807) is 27.9 Å². The minimum atomic E-state index is -0.0998. The summed E-state index contributed by atoms with van der Waals surface area (Å²) in [6.07, 6.45) is 3.99. The second-order valence-corrected chi connectivity index (χ2v) is 6.46. The molecular weight excluding hydrogens is 332 g/mol. The molecule has 1 fully saturated rings. The zero-order valence-electron chi connectivity index (χ0n) is 15.2. The first-order valence-electron chi connectivity index (χ1n) is 8.80. The van der Waals surface area contributed by atoms with Crippen LogP contribution in [0.1, 0.15) is 27.9 Å². The van der Waals surface area contributed by atoms with Crippen molar-refractivity contribution in [2.24, 2.45) is 0 Å². The lowest BCUT2D eigenvalue weighted by atomic mass is 10.0. The molecule has 1 aromatic carbocycles. The fourth-order valence-corrected chi connectivity index (χ4v) is 2.96. The lowest BCUT2D eigenvalue weighted by Crippen LogP contribution is -2.41. The van der Waals surface area contributed by atoms with Crippen LogP contribution in [-0.2, 0) is 16.1 Å². The van der Waals surface area contributed by atoms with Gasteiger partial charge in [-0.2, -0.15) is 5.10 Å². The summed E-state index contributed by atoms with van der Waals surface area (Å²) in [5.41, 5.74) is 3.14. The Hall–Kier alpha value is -2.67. The average molecular weight is 356 g/mol. The Morgan fingerprint density at radius 3 is 2.69 bits per heavy atom. The summed E-state index contributed by atoms with van der Waals surface area (Å²) in [6.45, 7) is 6.66. The number of nitrogens with zero attached hydrogens (tertiary/aromatic N) is 3. The van der Waals surface area contributed by atoms with Gasteiger partial charge in [-0.05, 0) is 37.1 Å². The van der Waals surface area contributed by atoms with Gasteiger partial charge in [0.15, 0.2) is 0 Å². The van der Waals surface area contributed by atoms with Gasteiger partial charge in [-0.15, -0.1) is 0 Å². The molecule has 7 nitrogen and oxygen atoms in total. The van der Waals surface area contributed by atoms with Gasteiger partial charge in [0.05, 0.1) is 19.4 Å². The molecule has 0 aliphatic carbocycles. The van der Waals surface area contributed by atoms with E-state index in [0.717, 1.165) is 11.1 Å². The minimum Gasteiger partial charge on any atom is -0.378 e. The predicted molar refractivity (Wildman–Crippen MR) is 98.1 cm³/mol. The normalized spacial score (nSPS) is 14.3. The standard InChI is InChI=1S/C19H24N4O3/c1-14-12-20-23(13-14)7-6-18(24)21-17-5-3-4-16(15(17)2)19(25)22-8-10-26-11-9-22/h3-5,12-13H,6-11H2,1-2H3,(H,21,24). The van der Waals surface area contributed by atoms with Crippen LogP contribution in [0, 0.1) is 13.8 Å². The molecule has 2 aromatic rings. The lowest BCUT2D eigenvalue weighted by Gasteiger charge is -2.27. The van der Waals surface area contributed by atoms with Crippen LogP contribution in [-0.4, -0.2) is 52.8 Å². The van der Waals surface area contributed by atoms with Crippen LogP contribution in [0.4, 0.5) is 5.69 Å². The molecule has 1 aliphatic heterocycles. The highest BCUT2D eigenvalue weighted by Gasteiger charge is 2.21. The summed E-state index contributed by atoms with van der Waals surface area (Å²) in [4.78, 5) is 26.8. The smallest absolute Gasteiger partial charge is 0.254 e. The maximum Gasteiger partial charge on any atom is 0.254 e. The number of aryl methyl sites for hydroxylation is 2. The molecule has 1 aliphatic rings. The third kappa shape index (κ3) is 4.29. The molecule has 0 unspecified atom stereocenters. The van der Waals surface area contributed by atoms with E-state index >= 15 is 0 Å². The molecule has 1 N–H and O–H groups in total. The molecule has 3 rings (SSSR count). The van der Waals surface area contributed by atoms with Gasteiger partial charge in [0, 0.05) is 43.5 Å². The van der Waals surface area contributed by atoms with Crippen LogP contribution >= 0.6 is 0 Å². The number of nitrogens with one attached hydrogen (secondary N) is 1. The Bertz CT molecular complexity index is 794. The van der Waals surface area contributed by atoms with Crippen molar-refractivity contribution in [1.82, 2.24) is 14.7 Å². The first-order chi connectivity index (χ1) is 12.5. The highest BCUT2D eigenvalue weighted by molar-refractivity contribution is 5.99. The van der Waals surface area contributed by atoms with E-state index in [-0.39, 0.29) is 11.8 Å². The molecular formula is C19H24N4O3. The third-order valence-corrected chi connectivity index (χ3v) is 4.47. The second-order valence-electron chi connectivity index (χ2n) is 6.46. The molecule has 0 radical (unpaired) electrons. The molecule has 2 heterocycles. The van der Waals surface area contributed by atoms with Crippen molar-refractivity contribution in [2.45, 2.75) is 26.8 Å². The molecule has 2 amide bonds. The largest absolute Gasteiger partial charge is 0.378 e. The van der Waals surface area contributed by atoms with Gasteiger partial charge in [-0.25, -0.2) is 0 Å². The first-order valence-corrected chi connectivity index (χ1v) is 8.80. The molecule has 0 atom stereocenters. The third-order valence-electron chi connectivity index (χ3n) is 4.47. The van der Waals surface area contributed by atoms with E-state index < -0.39 is 0 Å². The fourth-order valence-electron chi connectivity index (χ4n) is 2.96. The number of ether oxygens (including phenoxy) is 1. The Morgan fingerprint density at radius 1 is 1.23 bits per heavy atom. The molecule has 7 heteroatoms. The predicted octanol–water partition coefficient (Wildman–Crippen LogP) is 2.00. The van der Waals surface area contributed by atoms with Crippen LogP contribution in [0.5, 0.6) is 0 Å². The van der Waals surface area contributed by atoms with Crippen molar-refractivity contribution in [3.63, 3.8) is 0 Å². The number of aromatic nitrogens is 2. The van der Waals surface area contributed by atoms with Gasteiger partial charge >= 0.3 is 0 Å². The highest BCUT2D eigenvalue weighted by Crippen LogP contribution is 2.21. The number of amides is 2. The average Bonchev–Trinajstić information content (AvgIpc) is 3.07. The van der Waals surface area contributed by atoms with Crippen molar-refractivity contribution in [2.75, 3.05) is 31.6 Å². The number of hydrogen-bond acceptors (Lipinski definition) is 4. The van der Waals surface area contributed by atoms with Crippen molar-refractivity contribution >= 4 is 17.5 Å². The zero-order chi connectivity index (χ0) is 18.5. The molecule has 0 bridgehead atoms. The van der Waals surface area contributed by atoms with Crippen LogP contribution in [0.2, 0.25) is 0 Å². The van der Waals surface area contributed by atoms with Crippen molar-refractivity contribution in [1.29, 1.82) is 0 Å². The van der Waals surface area contributed by atoms with E-state index in [0.29, 0.717) is 50.5 Å². The highest BCUT2D eigenvalue weighted by atomic mass is 16.5. The van der Waals surface area contributed by atoms with Gasteiger partial charge in [0.2, 0.25) is 5.91 Å². The summed E-state index contributed by atoms with van der Waals surface area (Å²) in [5.74, 6) is -0.119. The molecule has 138 valence electrons. The number of carbonyl (C=O) groups excluding carboxylic acids is 2. The SMILES string of the molecule is Cc1cnn(CCC(=O)Nc2cccc(C(=O)N3CCOCC3)c2C)c1. The maximum absolute atomic E-state index is 12.7. The van der Waals surface area contributed by atoms with Gasteiger partial charge in [-0.3, -0.25) is 14.3 Å². The molecule has 1 saturated heterocycles. The Labute approximate surface area is 152 Å². The molecule has 1 aromatic heterocycles. The molecule has 0 spiro atoms. The van der Waals surface area contributed by atoms with E-state index in [9.17, 15) is 9.59 Å². The molecule has 0 saturated carbocycles. The maximum atomic E-state index is 12.7. The van der Waals surface area contributed by atoms with Crippen LogP contribution in [0.15, 0.2) is 30.6 Å². The number of rotatable bonds is 5. The monoisotopic (exact) mass is 356 g/mol. The Morgan fingerprint density at radius 2 is 2.00 bits per heavy atom. The summed E-state index contributed by atoms with van der Waals surface area (Å²) >= 11 is 0. The zero-order valence-corrected chi connectivity index (χ0v) is 15.2. The number of benzene rings is 1. The van der Waals surface area contributed by atoms with E-state index in [2.05, 4.69) is 10.4 Å². The fraction of sp³-hybridized carbons (Fsp3) is 0.421. The van der Waals surface area contributed by atoms with Gasteiger partial charge in [0.25, 0.3) is 5.91 Å². The lowest BCUT2D eigenvalue weighted by molar-refractivity contribution is -0.116. The molecule has 26 heavy (non-hydrogen) atoms. The first kappa shape index (κ1) is 18.1. The summed E-state index contributed by atoms with van der Waals surface area (Å²) in [7, 11) is 0. The number of anilines is 1. The summed E-state index contributed by atoms with van der Waals surface area (Å²) in [6, 6.07) is 5.42. The summed E-state index contributed by atoms with van der Waals surface area (Å²) in [5, 5.41) is 7.09. The van der Waals surface area contributed by atoms with Crippen LogP contribution in [0.25, 0.3) is 0 Å². The van der Waals surface area contributed by atoms with E-state index in [1.807, 2.05) is 26.1 Å². The van der Waals surface area contributed by atoms with Gasteiger partial charge in [-0.1, -0.05) is 6.07 Å². The van der Waals surface area contributed by atoms with Gasteiger partial charge in [0.1, 0.15) is 0 Å². The summed E-state index contributed by atoms with van der Waals surface area (Å²) < 4.78 is 7.05. The number of morpholine rings is 1. The van der Waals surface area contributed by atoms with Gasteiger partial charge < -0.3 is 15.0 Å². The number of hydrogen-bond donors (Lipinski definition) is 1. The minimum absolute atomic E-state index is 0.0195. The van der Waals surface area contributed by atoms with E-state index in [4.69, 9.17) is 4.74 Å². The second kappa shape index (κ2) is 8.14. The Kier molecular flexibility index (Phi) is 5.68. The van der Waals surface area contributed by atoms with Crippen LogP contribution < -0.4 is 5.32 Å². The van der Waals surface area contributed by atoms with Crippen molar-refractivity contribution < 1.29 is 14.3 Å². The van der Waals surface area contributed by atoms with Crippen molar-refractivity contribution in [3.8, 4) is 0 Å². The van der Waals surface area contributed by atoms with Crippen LogP contribution in [0.3, 0.4) is 0 Å². The van der Waals surface area contributed by atoms with E-state index in [1.165, 1.54) is 0 Å².